The summed E-state index contributed by atoms with van der Waals surface area (Å²) in [5.41, 5.74) is 2.11. The van der Waals surface area contributed by atoms with Crippen LogP contribution in [-0.2, 0) is 12.3 Å². The summed E-state index contributed by atoms with van der Waals surface area (Å²) in [5, 5.41) is 1.61. The second-order valence-corrected chi connectivity index (χ2v) is 9.61. The Bertz CT molecular complexity index is 890. The van der Waals surface area contributed by atoms with E-state index in [1.54, 1.807) is 12.3 Å². The molecular weight excluding hydrogens is 411 g/mol. The fourth-order valence-electron chi connectivity index (χ4n) is 2.77. The van der Waals surface area contributed by atoms with E-state index in [-0.39, 0.29) is 10.9 Å². The van der Waals surface area contributed by atoms with Gasteiger partial charge in [0.05, 0.1) is 6.33 Å². The molecule has 1 atom stereocenters. The maximum Gasteiger partial charge on any atom is 0.120 e. The first-order valence-corrected chi connectivity index (χ1v) is 10.9. The maximum absolute atomic E-state index is 6.35. The first kappa shape index (κ1) is 21.1. The Balaban J connectivity index is 1.76. The highest BCUT2D eigenvalue weighted by molar-refractivity contribution is 7.98. The van der Waals surface area contributed by atoms with Gasteiger partial charge in [0, 0.05) is 40.0 Å². The molecule has 0 saturated heterocycles. The minimum atomic E-state index is -0.211. The van der Waals surface area contributed by atoms with Crippen molar-refractivity contribution in [2.75, 3.05) is 0 Å². The number of nitrogens with zero attached hydrogens (tertiary/aromatic N) is 2. The molecule has 3 rings (SSSR count). The fourth-order valence-corrected chi connectivity index (χ4v) is 4.59. The van der Waals surface area contributed by atoms with Gasteiger partial charge >= 0.3 is 0 Å². The zero-order valence-corrected chi connectivity index (χ0v) is 18.6. The Morgan fingerprint density at radius 3 is 2.46 bits per heavy atom. The van der Waals surface area contributed by atoms with Crippen molar-refractivity contribution in [3.63, 3.8) is 0 Å². The van der Waals surface area contributed by atoms with E-state index in [0.717, 1.165) is 23.6 Å². The van der Waals surface area contributed by atoms with Crippen molar-refractivity contribution in [3.05, 3.63) is 82.4 Å². The molecule has 28 heavy (non-hydrogen) atoms. The van der Waals surface area contributed by atoms with Crippen LogP contribution in [0, 0.1) is 0 Å². The van der Waals surface area contributed by atoms with Gasteiger partial charge in [0.2, 0.25) is 0 Å². The standard InChI is InChI=1S/C22H24Cl2N2OS/c1-22(2,3)27-19-8-5-16(6-9-19)21(13-26-11-10-25-15-26)28-14-17-4-7-18(23)12-20(17)24/h4-12,15,21H,13-14H2,1-3H3. The van der Waals surface area contributed by atoms with Crippen molar-refractivity contribution >= 4 is 35.0 Å². The SMILES string of the molecule is CC(C)(C)Oc1ccc(C(Cn2ccnc2)SCc2ccc(Cl)cc2Cl)cc1. The van der Waals surface area contributed by atoms with Crippen molar-refractivity contribution in [1.82, 2.24) is 9.55 Å². The number of hydrogen-bond donors (Lipinski definition) is 0. The monoisotopic (exact) mass is 434 g/mol. The summed E-state index contributed by atoms with van der Waals surface area (Å²) >= 11 is 14.2. The van der Waals surface area contributed by atoms with Crippen LogP contribution in [0.5, 0.6) is 5.75 Å². The van der Waals surface area contributed by atoms with Gasteiger partial charge in [-0.2, -0.15) is 0 Å². The molecule has 0 amide bonds. The molecule has 0 radical (unpaired) electrons. The van der Waals surface area contributed by atoms with Gasteiger partial charge in [0.25, 0.3) is 0 Å². The van der Waals surface area contributed by atoms with Crippen LogP contribution in [0.15, 0.2) is 61.2 Å². The fraction of sp³-hybridized carbons (Fsp3) is 0.318. The normalized spacial score (nSPS) is 12.8. The topological polar surface area (TPSA) is 27.1 Å². The molecule has 0 fully saturated rings. The average Bonchev–Trinajstić information content (AvgIpc) is 3.12. The summed E-state index contributed by atoms with van der Waals surface area (Å²) in [6.07, 6.45) is 5.64. The van der Waals surface area contributed by atoms with Crippen LogP contribution in [0.4, 0.5) is 0 Å². The second kappa shape index (κ2) is 9.25. The third-order valence-electron chi connectivity index (χ3n) is 4.07. The summed E-state index contributed by atoms with van der Waals surface area (Å²) < 4.78 is 8.04. The third-order valence-corrected chi connectivity index (χ3v) is 5.96. The molecule has 3 nitrogen and oxygen atoms in total. The van der Waals surface area contributed by atoms with Gasteiger partial charge in [-0.3, -0.25) is 0 Å². The predicted molar refractivity (Wildman–Crippen MR) is 120 cm³/mol. The number of benzene rings is 2. The molecule has 0 spiro atoms. The van der Waals surface area contributed by atoms with E-state index in [4.69, 9.17) is 27.9 Å². The van der Waals surface area contributed by atoms with Gasteiger partial charge < -0.3 is 9.30 Å². The molecule has 1 unspecified atom stereocenters. The molecule has 0 aliphatic carbocycles. The number of ether oxygens (including phenoxy) is 1. The largest absolute Gasteiger partial charge is 0.488 e. The van der Waals surface area contributed by atoms with Crippen molar-refractivity contribution in [2.24, 2.45) is 0 Å². The molecule has 1 aromatic heterocycles. The third kappa shape index (κ3) is 6.20. The van der Waals surface area contributed by atoms with Crippen molar-refractivity contribution in [3.8, 4) is 5.75 Å². The zero-order chi connectivity index (χ0) is 20.1. The summed E-state index contributed by atoms with van der Waals surface area (Å²) in [4.78, 5) is 4.16. The smallest absolute Gasteiger partial charge is 0.120 e. The van der Waals surface area contributed by atoms with Crippen molar-refractivity contribution in [2.45, 2.75) is 43.9 Å². The Morgan fingerprint density at radius 2 is 1.86 bits per heavy atom. The average molecular weight is 435 g/mol. The number of rotatable bonds is 7. The van der Waals surface area contributed by atoms with E-state index in [2.05, 4.69) is 42.5 Å². The van der Waals surface area contributed by atoms with Gasteiger partial charge in [0.15, 0.2) is 0 Å². The van der Waals surface area contributed by atoms with Crippen LogP contribution in [-0.4, -0.2) is 15.2 Å². The van der Waals surface area contributed by atoms with Crippen LogP contribution >= 0.6 is 35.0 Å². The maximum atomic E-state index is 6.35. The molecule has 1 heterocycles. The van der Waals surface area contributed by atoms with Gasteiger partial charge in [0.1, 0.15) is 11.4 Å². The molecule has 0 aliphatic rings. The number of thioether (sulfide) groups is 1. The summed E-state index contributed by atoms with van der Waals surface area (Å²) in [7, 11) is 0. The van der Waals surface area contributed by atoms with E-state index in [0.29, 0.717) is 10.0 Å². The minimum absolute atomic E-state index is 0.211. The summed E-state index contributed by atoms with van der Waals surface area (Å²) in [6, 6.07) is 14.0. The lowest BCUT2D eigenvalue weighted by Crippen LogP contribution is -2.22. The van der Waals surface area contributed by atoms with E-state index in [9.17, 15) is 0 Å². The van der Waals surface area contributed by atoms with E-state index < -0.39 is 0 Å². The van der Waals surface area contributed by atoms with Crippen LogP contribution in [0.3, 0.4) is 0 Å². The summed E-state index contributed by atoms with van der Waals surface area (Å²) in [6.45, 7) is 6.98. The van der Waals surface area contributed by atoms with E-state index in [1.807, 2.05) is 48.6 Å². The number of halogens is 2. The molecular formula is C22H24Cl2N2OS. The van der Waals surface area contributed by atoms with Crippen LogP contribution in [0.2, 0.25) is 10.0 Å². The second-order valence-electron chi connectivity index (χ2n) is 7.58. The lowest BCUT2D eigenvalue weighted by atomic mass is 10.1. The molecule has 148 valence electrons. The lowest BCUT2D eigenvalue weighted by Gasteiger charge is -2.22. The molecule has 0 saturated carbocycles. The lowest BCUT2D eigenvalue weighted by molar-refractivity contribution is 0.131. The first-order valence-electron chi connectivity index (χ1n) is 9.10. The zero-order valence-electron chi connectivity index (χ0n) is 16.2. The molecule has 6 heteroatoms. The van der Waals surface area contributed by atoms with Gasteiger partial charge in [-0.1, -0.05) is 41.4 Å². The highest BCUT2D eigenvalue weighted by atomic mass is 35.5. The number of aromatic nitrogens is 2. The number of hydrogen-bond acceptors (Lipinski definition) is 3. The van der Waals surface area contributed by atoms with Gasteiger partial charge in [-0.15, -0.1) is 11.8 Å². The van der Waals surface area contributed by atoms with E-state index in [1.165, 1.54) is 5.56 Å². The van der Waals surface area contributed by atoms with Crippen LogP contribution in [0.1, 0.15) is 37.1 Å². The van der Waals surface area contributed by atoms with Crippen molar-refractivity contribution in [1.29, 1.82) is 0 Å². The van der Waals surface area contributed by atoms with E-state index >= 15 is 0 Å². The predicted octanol–water partition coefficient (Wildman–Crippen LogP) is 7.04. The van der Waals surface area contributed by atoms with Crippen LogP contribution in [0.25, 0.3) is 0 Å². The Kier molecular flexibility index (Phi) is 6.97. The van der Waals surface area contributed by atoms with Crippen molar-refractivity contribution < 1.29 is 4.74 Å². The van der Waals surface area contributed by atoms with Gasteiger partial charge in [-0.05, 0) is 56.2 Å². The molecule has 0 aliphatic heterocycles. The highest BCUT2D eigenvalue weighted by Crippen LogP contribution is 2.36. The first-order chi connectivity index (χ1) is 13.3. The Morgan fingerprint density at radius 1 is 1.11 bits per heavy atom. The van der Waals surface area contributed by atoms with Gasteiger partial charge in [-0.25, -0.2) is 4.98 Å². The quantitative estimate of drug-likeness (QED) is 0.398. The number of imidazole rings is 1. The summed E-state index contributed by atoms with van der Waals surface area (Å²) in [5.74, 6) is 1.68. The minimum Gasteiger partial charge on any atom is -0.488 e. The molecule has 2 aromatic carbocycles. The Labute approximate surface area is 181 Å². The Hall–Kier alpha value is -1.62. The molecule has 3 aromatic rings. The molecule has 0 bridgehead atoms. The molecule has 0 N–H and O–H groups in total. The highest BCUT2D eigenvalue weighted by Gasteiger charge is 2.16. The van der Waals surface area contributed by atoms with Crippen LogP contribution < -0.4 is 4.74 Å².